The van der Waals surface area contributed by atoms with Crippen LogP contribution in [0.15, 0.2) is 121 Å². The molecule has 0 fully saturated rings. The van der Waals surface area contributed by atoms with Crippen molar-refractivity contribution in [2.24, 2.45) is 0 Å². The van der Waals surface area contributed by atoms with E-state index < -0.39 is 0 Å². The molecule has 0 saturated heterocycles. The fourth-order valence-corrected chi connectivity index (χ4v) is 5.78. The van der Waals surface area contributed by atoms with Gasteiger partial charge in [0.25, 0.3) is 0 Å². The molecule has 0 atom stereocenters. The highest BCUT2D eigenvalue weighted by Crippen LogP contribution is 2.46. The van der Waals surface area contributed by atoms with Crippen LogP contribution in [-0.2, 0) is 0 Å². The Balaban J connectivity index is 1.78. The summed E-state index contributed by atoms with van der Waals surface area (Å²) in [5.74, 6) is 0. The third kappa shape index (κ3) is 3.30. The smallest absolute Gasteiger partial charge is 0.00259 e. The third-order valence-electron chi connectivity index (χ3n) is 7.47. The van der Waals surface area contributed by atoms with Gasteiger partial charge in [-0.05, 0) is 103 Å². The van der Waals surface area contributed by atoms with Gasteiger partial charge in [0, 0.05) is 0 Å². The maximum absolute atomic E-state index is 2.41. The van der Waals surface area contributed by atoms with Crippen molar-refractivity contribution >= 4 is 43.1 Å². The zero-order valence-electron chi connectivity index (χ0n) is 20.5. The van der Waals surface area contributed by atoms with E-state index in [0.29, 0.717) is 0 Å². The van der Waals surface area contributed by atoms with Crippen molar-refractivity contribution in [2.45, 2.75) is 13.8 Å². The molecule has 0 bridgehead atoms. The summed E-state index contributed by atoms with van der Waals surface area (Å²) in [6.07, 6.45) is 0. The van der Waals surface area contributed by atoms with Crippen LogP contribution in [0.5, 0.6) is 0 Å². The zero-order valence-corrected chi connectivity index (χ0v) is 20.5. The molecule has 0 aliphatic rings. The average molecular weight is 459 g/mol. The van der Waals surface area contributed by atoms with E-state index in [9.17, 15) is 0 Å². The summed E-state index contributed by atoms with van der Waals surface area (Å²) >= 11 is 0. The molecular formula is C36H26. The molecule has 0 heteroatoms. The van der Waals surface area contributed by atoms with Crippen LogP contribution in [0, 0.1) is 13.8 Å². The van der Waals surface area contributed by atoms with Gasteiger partial charge < -0.3 is 0 Å². The summed E-state index contributed by atoms with van der Waals surface area (Å²) in [5.41, 5.74) is 7.70. The predicted molar refractivity (Wildman–Crippen MR) is 157 cm³/mol. The minimum atomic E-state index is 1.25. The molecule has 0 N–H and O–H groups in total. The Kier molecular flexibility index (Phi) is 4.69. The van der Waals surface area contributed by atoms with Crippen LogP contribution in [0.25, 0.3) is 65.3 Å². The quantitative estimate of drug-likeness (QED) is 0.226. The monoisotopic (exact) mass is 458 g/mol. The second kappa shape index (κ2) is 8.07. The van der Waals surface area contributed by atoms with E-state index in [1.54, 1.807) is 0 Å². The second-order valence-electron chi connectivity index (χ2n) is 9.98. The Hall–Kier alpha value is -4.42. The molecule has 0 nitrogen and oxygen atoms in total. The van der Waals surface area contributed by atoms with Crippen LogP contribution >= 0.6 is 0 Å². The van der Waals surface area contributed by atoms with Crippen LogP contribution in [-0.4, -0.2) is 0 Å². The summed E-state index contributed by atoms with van der Waals surface area (Å²) in [6, 6.07) is 44.9. The van der Waals surface area contributed by atoms with Crippen molar-refractivity contribution in [3.8, 4) is 22.3 Å². The average Bonchev–Trinajstić information content (AvgIpc) is 2.90. The van der Waals surface area contributed by atoms with Gasteiger partial charge in [0.1, 0.15) is 0 Å². The Morgan fingerprint density at radius 2 is 0.694 bits per heavy atom. The van der Waals surface area contributed by atoms with Gasteiger partial charge in [-0.15, -0.1) is 0 Å². The maximum atomic E-state index is 2.41. The van der Waals surface area contributed by atoms with Crippen molar-refractivity contribution < 1.29 is 0 Å². The maximum Gasteiger partial charge on any atom is -0.00259 e. The minimum Gasteiger partial charge on any atom is -0.0622 e. The summed E-state index contributed by atoms with van der Waals surface area (Å²) in [7, 11) is 0. The van der Waals surface area contributed by atoms with Gasteiger partial charge in [0.05, 0.1) is 0 Å². The molecule has 7 aromatic rings. The molecule has 0 heterocycles. The molecule has 7 aromatic carbocycles. The number of aryl methyl sites for hydroxylation is 2. The van der Waals surface area contributed by atoms with Crippen molar-refractivity contribution in [1.82, 2.24) is 0 Å². The lowest BCUT2D eigenvalue weighted by Crippen LogP contribution is -1.92. The van der Waals surface area contributed by atoms with Crippen molar-refractivity contribution in [3.63, 3.8) is 0 Å². The molecule has 0 aromatic heterocycles. The van der Waals surface area contributed by atoms with Gasteiger partial charge in [0.2, 0.25) is 0 Å². The second-order valence-corrected chi connectivity index (χ2v) is 9.98. The first-order valence-corrected chi connectivity index (χ1v) is 12.6. The molecule has 0 unspecified atom stereocenters. The Bertz CT molecular complexity index is 1820. The SMILES string of the molecule is Cc1ccc2cc3c(-c4ccccc4)c4cc5ccc(C)cc5cc4c(-c4ccccc4)c3cc2c1. The first-order chi connectivity index (χ1) is 17.7. The van der Waals surface area contributed by atoms with Crippen LogP contribution < -0.4 is 0 Å². The summed E-state index contributed by atoms with van der Waals surface area (Å²) in [4.78, 5) is 0. The Labute approximate surface area is 211 Å². The van der Waals surface area contributed by atoms with E-state index in [1.165, 1.54) is 76.5 Å². The zero-order chi connectivity index (χ0) is 24.2. The Morgan fingerprint density at radius 1 is 0.333 bits per heavy atom. The fraction of sp³-hybridized carbons (Fsp3) is 0.0556. The minimum absolute atomic E-state index is 1.25. The van der Waals surface area contributed by atoms with Gasteiger partial charge in [-0.3, -0.25) is 0 Å². The van der Waals surface area contributed by atoms with E-state index >= 15 is 0 Å². The molecular weight excluding hydrogens is 432 g/mol. The van der Waals surface area contributed by atoms with Gasteiger partial charge in [-0.1, -0.05) is 108 Å². The lowest BCUT2D eigenvalue weighted by atomic mass is 9.84. The lowest BCUT2D eigenvalue weighted by Gasteiger charge is -2.19. The van der Waals surface area contributed by atoms with E-state index in [4.69, 9.17) is 0 Å². The normalized spacial score (nSPS) is 11.6. The highest BCUT2D eigenvalue weighted by atomic mass is 14.2. The first kappa shape index (κ1) is 20.9. The molecule has 0 spiro atoms. The fourth-order valence-electron chi connectivity index (χ4n) is 5.78. The third-order valence-corrected chi connectivity index (χ3v) is 7.47. The van der Waals surface area contributed by atoms with E-state index in [0.717, 1.165) is 0 Å². The number of fused-ring (bicyclic) bond motifs is 4. The molecule has 0 radical (unpaired) electrons. The standard InChI is InChI=1S/C36H26/c1-23-13-15-27-19-31-33(21-29(27)17-23)36(26-11-7-4-8-12-26)34-22-30-18-24(2)14-16-28(30)20-32(34)35(31)25-9-5-3-6-10-25/h3-22H,1-2H3. The molecule has 7 rings (SSSR count). The lowest BCUT2D eigenvalue weighted by molar-refractivity contribution is 1.51. The molecule has 0 aliphatic heterocycles. The first-order valence-electron chi connectivity index (χ1n) is 12.6. The molecule has 170 valence electrons. The highest BCUT2D eigenvalue weighted by Gasteiger charge is 2.18. The van der Waals surface area contributed by atoms with E-state index in [-0.39, 0.29) is 0 Å². The molecule has 36 heavy (non-hydrogen) atoms. The summed E-state index contributed by atoms with van der Waals surface area (Å²) in [6.45, 7) is 4.35. The number of hydrogen-bond donors (Lipinski definition) is 0. The predicted octanol–water partition coefficient (Wildman–Crippen LogP) is 10.3. The molecule has 0 aliphatic carbocycles. The number of hydrogen-bond acceptors (Lipinski definition) is 0. The largest absolute Gasteiger partial charge is 0.0622 e. The van der Waals surface area contributed by atoms with Gasteiger partial charge >= 0.3 is 0 Å². The van der Waals surface area contributed by atoms with Crippen LogP contribution in [0.3, 0.4) is 0 Å². The van der Waals surface area contributed by atoms with E-state index in [1.807, 2.05) is 0 Å². The number of rotatable bonds is 2. The van der Waals surface area contributed by atoms with E-state index in [2.05, 4.69) is 135 Å². The van der Waals surface area contributed by atoms with Gasteiger partial charge in [-0.25, -0.2) is 0 Å². The number of benzene rings is 7. The van der Waals surface area contributed by atoms with Crippen LogP contribution in [0.1, 0.15) is 11.1 Å². The van der Waals surface area contributed by atoms with Crippen LogP contribution in [0.4, 0.5) is 0 Å². The summed E-state index contributed by atoms with van der Waals surface area (Å²) in [5, 5.41) is 10.3. The van der Waals surface area contributed by atoms with Gasteiger partial charge in [-0.2, -0.15) is 0 Å². The summed E-state index contributed by atoms with van der Waals surface area (Å²) < 4.78 is 0. The Morgan fingerprint density at radius 3 is 1.08 bits per heavy atom. The highest BCUT2D eigenvalue weighted by molar-refractivity contribution is 6.25. The van der Waals surface area contributed by atoms with Crippen molar-refractivity contribution in [2.75, 3.05) is 0 Å². The van der Waals surface area contributed by atoms with Gasteiger partial charge in [0.15, 0.2) is 0 Å². The van der Waals surface area contributed by atoms with Crippen molar-refractivity contribution in [1.29, 1.82) is 0 Å². The van der Waals surface area contributed by atoms with Crippen molar-refractivity contribution in [3.05, 3.63) is 132 Å². The van der Waals surface area contributed by atoms with Crippen LogP contribution in [0.2, 0.25) is 0 Å². The molecule has 0 saturated carbocycles. The topological polar surface area (TPSA) is 0 Å². The molecule has 0 amide bonds.